The van der Waals surface area contributed by atoms with E-state index in [0.717, 1.165) is 23.6 Å². The second-order valence-electron chi connectivity index (χ2n) is 5.06. The van der Waals surface area contributed by atoms with Gasteiger partial charge in [-0.25, -0.2) is 4.98 Å². The molecule has 0 amide bonds. The van der Waals surface area contributed by atoms with Crippen LogP contribution in [0.1, 0.15) is 55.8 Å². The second-order valence-corrected chi connectivity index (χ2v) is 5.06. The fourth-order valence-corrected chi connectivity index (χ4v) is 1.85. The number of hydrogen-bond acceptors (Lipinski definition) is 2. The number of nitrogens with zero attached hydrogens (tertiary/aromatic N) is 2. The highest BCUT2D eigenvalue weighted by Crippen LogP contribution is 2.33. The summed E-state index contributed by atoms with van der Waals surface area (Å²) in [5.41, 5.74) is 3.34. The highest BCUT2D eigenvalue weighted by atomic mass is 19.3. The van der Waals surface area contributed by atoms with Crippen molar-refractivity contribution >= 4 is 5.57 Å². The predicted molar refractivity (Wildman–Crippen MR) is 71.9 cm³/mol. The van der Waals surface area contributed by atoms with Gasteiger partial charge in [0.2, 0.25) is 0 Å². The van der Waals surface area contributed by atoms with Crippen LogP contribution in [0.3, 0.4) is 0 Å². The van der Waals surface area contributed by atoms with Gasteiger partial charge in [0.15, 0.2) is 0 Å². The third-order valence-electron chi connectivity index (χ3n) is 3.39. The van der Waals surface area contributed by atoms with Crippen molar-refractivity contribution in [1.82, 2.24) is 4.98 Å². The zero-order valence-electron chi connectivity index (χ0n) is 12.2. The van der Waals surface area contributed by atoms with Crippen LogP contribution in [0.25, 0.3) is 5.57 Å². The Bertz CT molecular complexity index is 584. The third kappa shape index (κ3) is 2.81. The van der Waals surface area contributed by atoms with Crippen LogP contribution in [0, 0.1) is 25.2 Å². The smallest absolute Gasteiger partial charge is 0.245 e. The lowest BCUT2D eigenvalue weighted by molar-refractivity contribution is 0.0123. The van der Waals surface area contributed by atoms with E-state index in [1.807, 2.05) is 33.8 Å². The number of pyridine rings is 1. The average molecular weight is 264 g/mol. The molecular formula is C15H18F2N2. The van der Waals surface area contributed by atoms with E-state index in [0.29, 0.717) is 11.3 Å². The Morgan fingerprint density at radius 3 is 2.05 bits per heavy atom. The summed E-state index contributed by atoms with van der Waals surface area (Å²) in [6, 6.07) is 1.85. The van der Waals surface area contributed by atoms with Crippen LogP contribution in [-0.4, -0.2) is 4.98 Å². The molecule has 0 N–H and O–H groups in total. The van der Waals surface area contributed by atoms with E-state index in [1.54, 1.807) is 6.92 Å². The Morgan fingerprint density at radius 2 is 1.68 bits per heavy atom. The molecule has 1 heterocycles. The lowest BCUT2D eigenvalue weighted by Crippen LogP contribution is -2.16. The molecule has 1 aromatic heterocycles. The summed E-state index contributed by atoms with van der Waals surface area (Å²) >= 11 is 0. The van der Waals surface area contributed by atoms with Gasteiger partial charge in [0.25, 0.3) is 5.92 Å². The minimum atomic E-state index is -3.12. The summed E-state index contributed by atoms with van der Waals surface area (Å²) in [6.45, 7) is 9.94. The van der Waals surface area contributed by atoms with E-state index in [4.69, 9.17) is 5.26 Å². The van der Waals surface area contributed by atoms with Crippen molar-refractivity contribution in [2.75, 3.05) is 0 Å². The van der Waals surface area contributed by atoms with Crippen molar-refractivity contribution in [2.45, 2.75) is 47.5 Å². The molecule has 0 aliphatic carbocycles. The number of alkyl halides is 2. The van der Waals surface area contributed by atoms with Crippen LogP contribution in [0.15, 0.2) is 5.57 Å². The number of rotatable bonds is 2. The molecule has 19 heavy (non-hydrogen) atoms. The summed E-state index contributed by atoms with van der Waals surface area (Å²) in [4.78, 5) is 4.07. The molecule has 0 radical (unpaired) electrons. The minimum absolute atomic E-state index is 0.0182. The molecule has 0 saturated carbocycles. The van der Waals surface area contributed by atoms with Gasteiger partial charge in [0.1, 0.15) is 11.8 Å². The van der Waals surface area contributed by atoms with Gasteiger partial charge in [-0.2, -0.15) is 14.0 Å². The molecule has 0 unspecified atom stereocenters. The number of allylic oxidation sites excluding steroid dienone is 2. The lowest BCUT2D eigenvalue weighted by Gasteiger charge is -2.18. The first-order valence-corrected chi connectivity index (χ1v) is 6.05. The first-order chi connectivity index (χ1) is 8.61. The van der Waals surface area contributed by atoms with Crippen LogP contribution >= 0.6 is 0 Å². The SMILES string of the molecule is CC(C)=C(C)c1nc(C(C)(F)F)c(C#N)c(C)c1C. The molecule has 0 saturated heterocycles. The summed E-state index contributed by atoms with van der Waals surface area (Å²) in [5, 5.41) is 9.09. The Hall–Kier alpha value is -1.76. The van der Waals surface area contributed by atoms with E-state index in [1.165, 1.54) is 0 Å². The number of aromatic nitrogens is 1. The Morgan fingerprint density at radius 1 is 1.16 bits per heavy atom. The molecule has 0 aliphatic heterocycles. The van der Waals surface area contributed by atoms with Crippen molar-refractivity contribution < 1.29 is 8.78 Å². The molecule has 0 aromatic carbocycles. The molecule has 4 heteroatoms. The quantitative estimate of drug-likeness (QED) is 0.788. The minimum Gasteiger partial charge on any atom is -0.245 e. The third-order valence-corrected chi connectivity index (χ3v) is 3.39. The molecular weight excluding hydrogens is 246 g/mol. The summed E-state index contributed by atoms with van der Waals surface area (Å²) in [6.07, 6.45) is 0. The Balaban J connectivity index is 3.79. The highest BCUT2D eigenvalue weighted by molar-refractivity contribution is 5.68. The molecule has 0 aliphatic rings. The monoisotopic (exact) mass is 264 g/mol. The number of halogens is 2. The van der Waals surface area contributed by atoms with Crippen molar-refractivity contribution in [3.05, 3.63) is 33.7 Å². The van der Waals surface area contributed by atoms with Gasteiger partial charge in [-0.1, -0.05) is 5.57 Å². The van der Waals surface area contributed by atoms with Crippen molar-refractivity contribution in [3.8, 4) is 6.07 Å². The Kier molecular flexibility index (Phi) is 4.09. The fraction of sp³-hybridized carbons (Fsp3) is 0.467. The van der Waals surface area contributed by atoms with E-state index >= 15 is 0 Å². The standard InChI is InChI=1S/C15H18F2N2/c1-8(2)9(3)13-11(5)10(4)12(7-18)14(19-13)15(6,16)17/h1-6H3. The van der Waals surface area contributed by atoms with Crippen LogP contribution < -0.4 is 0 Å². The molecule has 0 bridgehead atoms. The van der Waals surface area contributed by atoms with Gasteiger partial charge >= 0.3 is 0 Å². The topological polar surface area (TPSA) is 36.7 Å². The first kappa shape index (κ1) is 15.3. The summed E-state index contributed by atoms with van der Waals surface area (Å²) in [7, 11) is 0. The molecule has 102 valence electrons. The largest absolute Gasteiger partial charge is 0.288 e. The van der Waals surface area contributed by atoms with E-state index in [2.05, 4.69) is 4.98 Å². The van der Waals surface area contributed by atoms with Gasteiger partial charge in [-0.3, -0.25) is 0 Å². The second kappa shape index (κ2) is 5.08. The van der Waals surface area contributed by atoms with E-state index < -0.39 is 11.6 Å². The van der Waals surface area contributed by atoms with E-state index in [-0.39, 0.29) is 5.56 Å². The maximum Gasteiger partial charge on any atom is 0.288 e. The average Bonchev–Trinajstić information content (AvgIpc) is 2.29. The molecule has 2 nitrogen and oxygen atoms in total. The van der Waals surface area contributed by atoms with Crippen molar-refractivity contribution in [2.24, 2.45) is 0 Å². The van der Waals surface area contributed by atoms with Gasteiger partial charge in [0.05, 0.1) is 11.3 Å². The zero-order valence-corrected chi connectivity index (χ0v) is 12.2. The van der Waals surface area contributed by atoms with Crippen molar-refractivity contribution in [3.63, 3.8) is 0 Å². The fourth-order valence-electron chi connectivity index (χ4n) is 1.85. The zero-order chi connectivity index (χ0) is 15.0. The van der Waals surface area contributed by atoms with Crippen LogP contribution in [-0.2, 0) is 5.92 Å². The number of nitriles is 1. The van der Waals surface area contributed by atoms with Crippen LogP contribution in [0.4, 0.5) is 8.78 Å². The van der Waals surface area contributed by atoms with Gasteiger partial charge in [-0.05, 0) is 51.3 Å². The van der Waals surface area contributed by atoms with Gasteiger partial charge in [-0.15, -0.1) is 0 Å². The normalized spacial score (nSPS) is 11.1. The number of hydrogen-bond donors (Lipinski definition) is 0. The first-order valence-electron chi connectivity index (χ1n) is 6.05. The highest BCUT2D eigenvalue weighted by Gasteiger charge is 2.32. The molecule has 0 spiro atoms. The molecule has 1 aromatic rings. The lowest BCUT2D eigenvalue weighted by atomic mass is 9.95. The molecule has 0 atom stereocenters. The van der Waals surface area contributed by atoms with Crippen molar-refractivity contribution in [1.29, 1.82) is 5.26 Å². The van der Waals surface area contributed by atoms with Crippen LogP contribution in [0.5, 0.6) is 0 Å². The maximum absolute atomic E-state index is 13.6. The van der Waals surface area contributed by atoms with Gasteiger partial charge < -0.3 is 0 Å². The molecule has 0 fully saturated rings. The van der Waals surface area contributed by atoms with E-state index in [9.17, 15) is 8.78 Å². The molecule has 1 rings (SSSR count). The summed E-state index contributed by atoms with van der Waals surface area (Å²) in [5.74, 6) is -3.12. The summed E-state index contributed by atoms with van der Waals surface area (Å²) < 4.78 is 27.3. The van der Waals surface area contributed by atoms with Gasteiger partial charge in [0, 0.05) is 6.92 Å². The predicted octanol–water partition coefficient (Wildman–Crippen LogP) is 4.50. The maximum atomic E-state index is 13.6. The van der Waals surface area contributed by atoms with Crippen LogP contribution in [0.2, 0.25) is 0 Å². The Labute approximate surface area is 112 Å².